The van der Waals surface area contributed by atoms with Gasteiger partial charge >= 0.3 is 6.03 Å². The van der Waals surface area contributed by atoms with Crippen molar-refractivity contribution in [3.05, 3.63) is 42.1 Å². The van der Waals surface area contributed by atoms with Gasteiger partial charge in [0.2, 0.25) is 0 Å². The Balaban J connectivity index is 2.11. The molecule has 1 aromatic carbocycles. The zero-order valence-electron chi connectivity index (χ0n) is 12.5. The van der Waals surface area contributed by atoms with Gasteiger partial charge in [0.1, 0.15) is 5.82 Å². The zero-order chi connectivity index (χ0) is 15.2. The van der Waals surface area contributed by atoms with E-state index in [0.717, 1.165) is 11.3 Å². The van der Waals surface area contributed by atoms with E-state index in [1.165, 1.54) is 0 Å². The number of hydrogen-bond donors (Lipinski definition) is 2. The number of anilines is 1. The number of para-hydroxylation sites is 1. The highest BCUT2D eigenvalue weighted by atomic mass is 16.5. The minimum absolute atomic E-state index is 0.0650. The zero-order valence-corrected chi connectivity index (χ0v) is 12.5. The van der Waals surface area contributed by atoms with Crippen molar-refractivity contribution in [2.45, 2.75) is 19.9 Å². The number of amides is 2. The van der Waals surface area contributed by atoms with Crippen molar-refractivity contribution < 1.29 is 9.53 Å². The van der Waals surface area contributed by atoms with Gasteiger partial charge in [0, 0.05) is 13.2 Å². The van der Waals surface area contributed by atoms with E-state index in [0.29, 0.717) is 12.4 Å². The van der Waals surface area contributed by atoms with Crippen molar-refractivity contribution in [1.29, 1.82) is 0 Å². The lowest BCUT2D eigenvalue weighted by Gasteiger charge is -2.15. The number of carbonyl (C=O) groups excluding carboxylic acids is 1. The summed E-state index contributed by atoms with van der Waals surface area (Å²) < 4.78 is 6.69. The van der Waals surface area contributed by atoms with Gasteiger partial charge in [-0.15, -0.1) is 0 Å². The molecule has 21 heavy (non-hydrogen) atoms. The summed E-state index contributed by atoms with van der Waals surface area (Å²) in [4.78, 5) is 11.9. The van der Waals surface area contributed by atoms with E-state index in [-0.39, 0.29) is 12.1 Å². The number of nitrogens with one attached hydrogen (secondary N) is 2. The van der Waals surface area contributed by atoms with E-state index >= 15 is 0 Å². The molecule has 2 amide bonds. The predicted octanol–water partition coefficient (Wildman–Crippen LogP) is 2.34. The van der Waals surface area contributed by atoms with Crippen LogP contribution in [0.4, 0.5) is 10.6 Å². The summed E-state index contributed by atoms with van der Waals surface area (Å²) in [6.07, 6.45) is 1.65. The van der Waals surface area contributed by atoms with Crippen LogP contribution >= 0.6 is 0 Å². The van der Waals surface area contributed by atoms with Crippen LogP contribution in [0.25, 0.3) is 5.69 Å². The van der Waals surface area contributed by atoms with E-state index in [1.807, 2.05) is 38.1 Å². The standard InChI is InChI=1S/C15H20N4O2/c1-11-6-4-5-7-13(11)19-14(8-9-16-19)18-15(20)17-12(2)10-21-3/h4-9,12H,10H2,1-3H3,(H2,17,18,20). The molecule has 0 aliphatic rings. The van der Waals surface area contributed by atoms with Crippen LogP contribution in [0.2, 0.25) is 0 Å². The van der Waals surface area contributed by atoms with Crippen LogP contribution in [0.1, 0.15) is 12.5 Å². The molecule has 0 aliphatic heterocycles. The Morgan fingerprint density at radius 2 is 2.14 bits per heavy atom. The Hall–Kier alpha value is -2.34. The molecule has 0 saturated carbocycles. The highest BCUT2D eigenvalue weighted by Gasteiger charge is 2.11. The van der Waals surface area contributed by atoms with Gasteiger partial charge in [0.15, 0.2) is 0 Å². The van der Waals surface area contributed by atoms with Crippen LogP contribution in [0.3, 0.4) is 0 Å². The number of aryl methyl sites for hydroxylation is 1. The summed E-state index contributed by atoms with van der Waals surface area (Å²) in [6.45, 7) is 4.34. The summed E-state index contributed by atoms with van der Waals surface area (Å²) in [5.41, 5.74) is 2.01. The van der Waals surface area contributed by atoms with E-state index in [1.54, 1.807) is 24.1 Å². The summed E-state index contributed by atoms with van der Waals surface area (Å²) in [7, 11) is 1.60. The van der Waals surface area contributed by atoms with Gasteiger partial charge in [0.05, 0.1) is 24.5 Å². The second-order valence-corrected chi connectivity index (χ2v) is 4.87. The fourth-order valence-electron chi connectivity index (χ4n) is 2.06. The van der Waals surface area contributed by atoms with Crippen molar-refractivity contribution in [2.24, 2.45) is 0 Å². The molecule has 2 N–H and O–H groups in total. The van der Waals surface area contributed by atoms with E-state index in [9.17, 15) is 4.79 Å². The van der Waals surface area contributed by atoms with Crippen LogP contribution in [0.15, 0.2) is 36.5 Å². The maximum atomic E-state index is 11.9. The van der Waals surface area contributed by atoms with E-state index < -0.39 is 0 Å². The Bertz CT molecular complexity index is 609. The number of rotatable bonds is 5. The Labute approximate surface area is 124 Å². The monoisotopic (exact) mass is 288 g/mol. The van der Waals surface area contributed by atoms with E-state index in [4.69, 9.17) is 4.74 Å². The minimum Gasteiger partial charge on any atom is -0.383 e. The first-order valence-electron chi connectivity index (χ1n) is 6.78. The summed E-state index contributed by atoms with van der Waals surface area (Å²) >= 11 is 0. The van der Waals surface area contributed by atoms with Crippen LogP contribution in [0.5, 0.6) is 0 Å². The number of ether oxygens (including phenoxy) is 1. The van der Waals surface area contributed by atoms with E-state index in [2.05, 4.69) is 15.7 Å². The third-order valence-electron chi connectivity index (χ3n) is 3.02. The number of aromatic nitrogens is 2. The van der Waals surface area contributed by atoms with Gasteiger partial charge in [-0.3, -0.25) is 5.32 Å². The van der Waals surface area contributed by atoms with Crippen LogP contribution in [0, 0.1) is 6.92 Å². The topological polar surface area (TPSA) is 68.2 Å². The summed E-state index contributed by atoms with van der Waals surface area (Å²) in [5.74, 6) is 0.617. The van der Waals surface area contributed by atoms with Crippen molar-refractivity contribution in [3.63, 3.8) is 0 Å². The normalized spacial score (nSPS) is 12.0. The Morgan fingerprint density at radius 3 is 2.86 bits per heavy atom. The van der Waals surface area contributed by atoms with Crippen molar-refractivity contribution in [2.75, 3.05) is 19.0 Å². The van der Waals surface area contributed by atoms with Crippen molar-refractivity contribution >= 4 is 11.8 Å². The molecule has 0 radical (unpaired) electrons. The lowest BCUT2D eigenvalue weighted by Crippen LogP contribution is -2.38. The lowest BCUT2D eigenvalue weighted by molar-refractivity contribution is 0.173. The molecular formula is C15H20N4O2. The third-order valence-corrected chi connectivity index (χ3v) is 3.02. The minimum atomic E-state index is -0.283. The van der Waals surface area contributed by atoms with Crippen molar-refractivity contribution in [1.82, 2.24) is 15.1 Å². The molecule has 1 heterocycles. The molecule has 112 valence electrons. The number of urea groups is 1. The molecule has 0 spiro atoms. The molecule has 6 nitrogen and oxygen atoms in total. The fraction of sp³-hybridized carbons (Fsp3) is 0.333. The smallest absolute Gasteiger partial charge is 0.320 e. The van der Waals surface area contributed by atoms with Gasteiger partial charge in [0.25, 0.3) is 0 Å². The molecule has 1 aromatic heterocycles. The van der Waals surface area contributed by atoms with Crippen molar-refractivity contribution in [3.8, 4) is 5.69 Å². The molecule has 0 saturated heterocycles. The maximum absolute atomic E-state index is 11.9. The molecule has 0 fully saturated rings. The molecule has 0 aliphatic carbocycles. The molecule has 2 aromatic rings. The molecule has 1 atom stereocenters. The Morgan fingerprint density at radius 1 is 1.38 bits per heavy atom. The number of nitrogens with zero attached hydrogens (tertiary/aromatic N) is 2. The maximum Gasteiger partial charge on any atom is 0.320 e. The van der Waals surface area contributed by atoms with Gasteiger partial charge < -0.3 is 10.1 Å². The number of benzene rings is 1. The number of methoxy groups -OCH3 is 1. The molecule has 6 heteroatoms. The van der Waals surface area contributed by atoms with Gasteiger partial charge in [-0.05, 0) is 25.5 Å². The van der Waals surface area contributed by atoms with Gasteiger partial charge in [-0.1, -0.05) is 18.2 Å². The van der Waals surface area contributed by atoms with Crippen LogP contribution in [-0.4, -0.2) is 35.6 Å². The van der Waals surface area contributed by atoms with Gasteiger partial charge in [-0.2, -0.15) is 5.10 Å². The average molecular weight is 288 g/mol. The lowest BCUT2D eigenvalue weighted by atomic mass is 10.2. The first-order chi connectivity index (χ1) is 10.1. The molecular weight excluding hydrogens is 268 g/mol. The number of carbonyl (C=O) groups is 1. The fourth-order valence-corrected chi connectivity index (χ4v) is 2.06. The quantitative estimate of drug-likeness (QED) is 0.887. The predicted molar refractivity (Wildman–Crippen MR) is 81.8 cm³/mol. The van der Waals surface area contributed by atoms with Crippen LogP contribution in [-0.2, 0) is 4.74 Å². The summed E-state index contributed by atoms with van der Waals surface area (Å²) in [6, 6.07) is 9.27. The highest BCUT2D eigenvalue weighted by molar-refractivity contribution is 5.88. The second-order valence-electron chi connectivity index (χ2n) is 4.87. The van der Waals surface area contributed by atoms with Crippen LogP contribution < -0.4 is 10.6 Å². The van der Waals surface area contributed by atoms with Gasteiger partial charge in [-0.25, -0.2) is 9.48 Å². The highest BCUT2D eigenvalue weighted by Crippen LogP contribution is 2.17. The Kier molecular flexibility index (Phi) is 4.94. The average Bonchev–Trinajstić information content (AvgIpc) is 2.87. The largest absolute Gasteiger partial charge is 0.383 e. The molecule has 0 bridgehead atoms. The second kappa shape index (κ2) is 6.90. The molecule has 1 unspecified atom stereocenters. The first kappa shape index (κ1) is 15.1. The third kappa shape index (κ3) is 3.82. The summed E-state index contributed by atoms with van der Waals surface area (Å²) in [5, 5.41) is 9.86. The molecule has 2 rings (SSSR count). The first-order valence-corrected chi connectivity index (χ1v) is 6.78. The SMILES string of the molecule is COCC(C)NC(=O)Nc1ccnn1-c1ccccc1C. The number of hydrogen-bond acceptors (Lipinski definition) is 3.